The molecule has 0 unspecified atom stereocenters. The summed E-state index contributed by atoms with van der Waals surface area (Å²) in [5.74, 6) is -0.314. The summed E-state index contributed by atoms with van der Waals surface area (Å²) in [7, 11) is -3.95. The second-order valence-electron chi connectivity index (χ2n) is 8.58. The van der Waals surface area contributed by atoms with Crippen molar-refractivity contribution in [3.63, 3.8) is 0 Å². The molecule has 4 N–H and O–H groups in total. The number of nitrogens with one attached hydrogen (secondary N) is 1. The second-order valence-corrected chi connectivity index (χ2v) is 11.3. The quantitative estimate of drug-likeness (QED) is 0.276. The number of rotatable bonds is 7. The summed E-state index contributed by atoms with van der Waals surface area (Å²) < 4.78 is 65.8. The Morgan fingerprint density at radius 2 is 1.94 bits per heavy atom. The van der Waals surface area contributed by atoms with Gasteiger partial charge in [-0.25, -0.2) is 13.4 Å². The zero-order valence-corrected chi connectivity index (χ0v) is 21.3. The number of para-hydroxylation sites is 1. The fourth-order valence-corrected chi connectivity index (χ4v) is 5.80. The first-order chi connectivity index (χ1) is 16.7. The summed E-state index contributed by atoms with van der Waals surface area (Å²) in [4.78, 5) is 18.3. The van der Waals surface area contributed by atoms with Crippen LogP contribution in [0.1, 0.15) is 33.1 Å². The van der Waals surface area contributed by atoms with Crippen molar-refractivity contribution in [1.29, 1.82) is 0 Å². The van der Waals surface area contributed by atoms with Gasteiger partial charge >= 0.3 is 6.18 Å². The van der Waals surface area contributed by atoms with Gasteiger partial charge in [-0.2, -0.15) is 13.2 Å². The fraction of sp³-hybridized carbons (Fsp3) is 0.391. The van der Waals surface area contributed by atoms with Crippen LogP contribution in [-0.4, -0.2) is 54.2 Å². The number of carbonyl (C=O) groups excluding carboxylic acids is 1. The third-order valence-corrected chi connectivity index (χ3v) is 7.95. The highest BCUT2D eigenvalue weighted by Crippen LogP contribution is 2.29. The zero-order chi connectivity index (χ0) is 26.7. The number of allylic oxidation sites excluding steroid dienone is 4. The lowest BCUT2D eigenvalue weighted by atomic mass is 9.90. The number of sulfonamides is 1. The molecule has 1 aliphatic heterocycles. The van der Waals surface area contributed by atoms with Gasteiger partial charge in [0.05, 0.1) is 16.7 Å². The average molecular weight is 545 g/mol. The van der Waals surface area contributed by atoms with Crippen molar-refractivity contribution in [2.24, 2.45) is 0 Å². The smallest absolute Gasteiger partial charge is 0.386 e. The molecule has 196 valence electrons. The zero-order valence-electron chi connectivity index (χ0n) is 19.7. The van der Waals surface area contributed by atoms with E-state index < -0.39 is 28.2 Å². The molecule has 1 fully saturated rings. The van der Waals surface area contributed by atoms with E-state index in [4.69, 9.17) is 5.73 Å². The molecule has 0 bridgehead atoms. The van der Waals surface area contributed by atoms with Crippen LogP contribution in [0, 0.1) is 0 Å². The van der Waals surface area contributed by atoms with E-state index in [0.717, 1.165) is 12.2 Å². The van der Waals surface area contributed by atoms with Gasteiger partial charge in [0.2, 0.25) is 5.91 Å². The van der Waals surface area contributed by atoms with Crippen LogP contribution in [-0.2, 0) is 14.8 Å². The number of benzene rings is 1. The van der Waals surface area contributed by atoms with E-state index in [2.05, 4.69) is 9.71 Å². The molecule has 0 saturated carbocycles. The summed E-state index contributed by atoms with van der Waals surface area (Å²) in [6, 6.07) is 4.75. The minimum Gasteiger partial charge on any atom is -0.386 e. The maximum absolute atomic E-state index is 12.9. The number of likely N-dealkylation sites (tertiary alicyclic amines) is 1. The van der Waals surface area contributed by atoms with Gasteiger partial charge in [0.1, 0.15) is 10.4 Å². The number of hydrogen-bond donors (Lipinski definition) is 3. The minimum atomic E-state index is -4.34. The SMILES string of the molecule is C/C(=C\C=C(/C)C(=O)N1CCC(O)(/C=C/CC(F)(F)F)CC1)NS(=O)(=O)c1cccc2sc(N)nc12. The van der Waals surface area contributed by atoms with E-state index in [9.17, 15) is 31.5 Å². The lowest BCUT2D eigenvalue weighted by Gasteiger charge is -2.36. The number of anilines is 1. The number of nitrogens with two attached hydrogens (primary N) is 1. The van der Waals surface area contributed by atoms with Crippen molar-refractivity contribution in [2.45, 2.75) is 49.8 Å². The van der Waals surface area contributed by atoms with Crippen LogP contribution < -0.4 is 10.5 Å². The Bertz CT molecular complexity index is 1320. The molecule has 1 aromatic carbocycles. The second kappa shape index (κ2) is 10.6. The van der Waals surface area contributed by atoms with Crippen LogP contribution in [0.5, 0.6) is 0 Å². The summed E-state index contributed by atoms with van der Waals surface area (Å²) in [5, 5.41) is 10.7. The topological polar surface area (TPSA) is 126 Å². The molecule has 3 rings (SSSR count). The van der Waals surface area contributed by atoms with Crippen molar-refractivity contribution in [2.75, 3.05) is 18.8 Å². The van der Waals surface area contributed by atoms with Gasteiger partial charge < -0.3 is 15.7 Å². The van der Waals surface area contributed by atoms with Gasteiger partial charge in [-0.1, -0.05) is 35.6 Å². The fourth-order valence-electron chi connectivity index (χ4n) is 3.70. The predicted octanol–water partition coefficient (Wildman–Crippen LogP) is 3.87. The summed E-state index contributed by atoms with van der Waals surface area (Å²) in [6.45, 7) is 3.46. The summed E-state index contributed by atoms with van der Waals surface area (Å²) in [5.41, 5.74) is 5.20. The number of nitrogens with zero attached hydrogens (tertiary/aromatic N) is 2. The number of alkyl halides is 3. The first-order valence-corrected chi connectivity index (χ1v) is 13.3. The number of aromatic nitrogens is 1. The number of amides is 1. The van der Waals surface area contributed by atoms with Crippen LogP contribution in [0.2, 0.25) is 0 Å². The third kappa shape index (κ3) is 7.08. The van der Waals surface area contributed by atoms with Crippen LogP contribution in [0.4, 0.5) is 18.3 Å². The molecule has 0 aliphatic carbocycles. The highest BCUT2D eigenvalue weighted by molar-refractivity contribution is 7.89. The van der Waals surface area contributed by atoms with E-state index in [-0.39, 0.29) is 53.1 Å². The molecule has 0 atom stereocenters. The molecular formula is C23H27F3N4O4S2. The molecule has 1 aromatic heterocycles. The maximum Gasteiger partial charge on any atom is 0.392 e. The lowest BCUT2D eigenvalue weighted by Crippen LogP contribution is -2.46. The van der Waals surface area contributed by atoms with Crippen molar-refractivity contribution in [1.82, 2.24) is 14.6 Å². The van der Waals surface area contributed by atoms with E-state index in [1.165, 1.54) is 41.4 Å². The number of halogens is 3. The average Bonchev–Trinajstić information content (AvgIpc) is 3.16. The van der Waals surface area contributed by atoms with Gasteiger partial charge in [0.25, 0.3) is 10.0 Å². The van der Waals surface area contributed by atoms with Crippen LogP contribution in [0.25, 0.3) is 10.2 Å². The summed E-state index contributed by atoms with van der Waals surface area (Å²) >= 11 is 1.18. The molecule has 13 heteroatoms. The van der Waals surface area contributed by atoms with Gasteiger partial charge in [-0.15, -0.1) is 0 Å². The Hall–Kier alpha value is -2.90. The lowest BCUT2D eigenvalue weighted by molar-refractivity contribution is -0.130. The third-order valence-electron chi connectivity index (χ3n) is 5.60. The van der Waals surface area contributed by atoms with Crippen molar-refractivity contribution >= 4 is 42.6 Å². The number of carbonyl (C=O) groups is 1. The van der Waals surface area contributed by atoms with E-state index in [1.807, 2.05) is 0 Å². The Morgan fingerprint density at radius 1 is 1.28 bits per heavy atom. The van der Waals surface area contributed by atoms with Gasteiger partial charge in [0, 0.05) is 24.4 Å². The number of hydrogen-bond acceptors (Lipinski definition) is 7. The first-order valence-electron chi connectivity index (χ1n) is 11.0. The molecule has 8 nitrogen and oxygen atoms in total. The first kappa shape index (κ1) is 27.7. The number of nitrogen functional groups attached to an aromatic ring is 1. The Kier molecular flexibility index (Phi) is 8.16. The molecule has 0 spiro atoms. The van der Waals surface area contributed by atoms with Crippen LogP contribution in [0.15, 0.2) is 58.7 Å². The van der Waals surface area contributed by atoms with E-state index in [1.54, 1.807) is 19.1 Å². The van der Waals surface area contributed by atoms with Gasteiger partial charge in [-0.3, -0.25) is 9.52 Å². The standard InChI is InChI=1S/C23H27F3N4O4S2/c1-15(20(31)30-13-11-22(32,12-14-30)9-4-10-23(24,25)26)7-8-16(2)29-36(33,34)18-6-3-5-17-19(18)28-21(27)35-17/h3-9,29,32H,10-14H2,1-2H3,(H2,27,28)/b9-4+,15-7+,16-8+. The molecule has 0 radical (unpaired) electrons. The predicted molar refractivity (Wildman–Crippen MR) is 132 cm³/mol. The number of piperidine rings is 1. The Morgan fingerprint density at radius 3 is 2.58 bits per heavy atom. The number of fused-ring (bicyclic) bond motifs is 1. The van der Waals surface area contributed by atoms with Crippen molar-refractivity contribution < 1.29 is 31.5 Å². The normalized spacial score (nSPS) is 17.7. The van der Waals surface area contributed by atoms with Gasteiger partial charge in [-0.05, 0) is 44.9 Å². The molecule has 1 amide bonds. The minimum absolute atomic E-state index is 0.0115. The largest absolute Gasteiger partial charge is 0.392 e. The highest BCUT2D eigenvalue weighted by Gasteiger charge is 2.33. The van der Waals surface area contributed by atoms with Crippen molar-refractivity contribution in [3.05, 3.63) is 53.8 Å². The number of thiazole rings is 1. The molecular weight excluding hydrogens is 517 g/mol. The van der Waals surface area contributed by atoms with E-state index in [0.29, 0.717) is 10.3 Å². The van der Waals surface area contributed by atoms with Crippen molar-refractivity contribution in [3.8, 4) is 0 Å². The Labute approximate surface area is 211 Å². The van der Waals surface area contributed by atoms with Crippen LogP contribution >= 0.6 is 11.3 Å². The maximum atomic E-state index is 12.9. The monoisotopic (exact) mass is 544 g/mol. The van der Waals surface area contributed by atoms with Gasteiger partial charge in [0.15, 0.2) is 5.13 Å². The molecule has 2 aromatic rings. The molecule has 2 heterocycles. The Balaban J connectivity index is 1.62. The molecule has 36 heavy (non-hydrogen) atoms. The molecule has 1 aliphatic rings. The van der Waals surface area contributed by atoms with Crippen LogP contribution in [0.3, 0.4) is 0 Å². The molecule has 1 saturated heterocycles. The highest BCUT2D eigenvalue weighted by atomic mass is 32.2. The van der Waals surface area contributed by atoms with E-state index >= 15 is 0 Å². The number of aliphatic hydroxyl groups is 1. The summed E-state index contributed by atoms with van der Waals surface area (Å²) in [6.07, 6.45) is -0.240.